The first-order valence-electron chi connectivity index (χ1n) is 13.4. The van der Waals surface area contributed by atoms with Crippen LogP contribution in [0.3, 0.4) is 0 Å². The molecule has 0 aliphatic carbocycles. The maximum Gasteiger partial charge on any atom is 0.0249 e. The molecular formula is C40H26. The lowest BCUT2D eigenvalue weighted by Gasteiger charge is -2.15. The smallest absolute Gasteiger partial charge is 0.0249 e. The molecule has 186 valence electrons. The number of rotatable bonds is 3. The van der Waals surface area contributed by atoms with Crippen molar-refractivity contribution in [2.45, 2.75) is 0 Å². The van der Waals surface area contributed by atoms with Crippen LogP contribution in [0.25, 0.3) is 33.4 Å². The lowest BCUT2D eigenvalue weighted by Crippen LogP contribution is -1.89. The predicted molar refractivity (Wildman–Crippen MR) is 168 cm³/mol. The fourth-order valence-corrected chi connectivity index (χ4v) is 4.74. The molecule has 0 aliphatic heterocycles. The van der Waals surface area contributed by atoms with Crippen molar-refractivity contribution in [3.05, 3.63) is 180 Å². The van der Waals surface area contributed by atoms with Crippen LogP contribution < -0.4 is 0 Å². The van der Waals surface area contributed by atoms with E-state index < -0.39 is 0 Å². The molecule has 0 nitrogen and oxygen atoms in total. The van der Waals surface area contributed by atoms with Crippen molar-refractivity contribution < 1.29 is 0 Å². The Labute approximate surface area is 236 Å². The van der Waals surface area contributed by atoms with Crippen molar-refractivity contribution in [3.8, 4) is 57.1 Å². The molecule has 0 atom stereocenters. The third-order valence-electron chi connectivity index (χ3n) is 6.79. The highest BCUT2D eigenvalue weighted by atomic mass is 14.2. The second-order valence-corrected chi connectivity index (χ2v) is 9.48. The fourth-order valence-electron chi connectivity index (χ4n) is 4.74. The van der Waals surface area contributed by atoms with Gasteiger partial charge in [0.2, 0.25) is 0 Å². The van der Waals surface area contributed by atoms with E-state index in [2.05, 4.69) is 121 Å². The average molecular weight is 507 g/mol. The molecule has 0 radical (unpaired) electrons. The van der Waals surface area contributed by atoms with E-state index >= 15 is 0 Å². The molecule has 0 bridgehead atoms. The lowest BCUT2D eigenvalue weighted by molar-refractivity contribution is 1.55. The van der Waals surface area contributed by atoms with Gasteiger partial charge in [-0.2, -0.15) is 0 Å². The van der Waals surface area contributed by atoms with Crippen LogP contribution in [-0.4, -0.2) is 0 Å². The Morgan fingerprint density at radius 2 is 0.500 bits per heavy atom. The summed E-state index contributed by atoms with van der Waals surface area (Å²) in [5, 5.41) is 0. The van der Waals surface area contributed by atoms with E-state index in [1.807, 2.05) is 60.7 Å². The molecule has 0 spiro atoms. The fraction of sp³-hybridized carbons (Fsp3) is 0. The minimum absolute atomic E-state index is 1.00. The van der Waals surface area contributed by atoms with Crippen molar-refractivity contribution in [3.63, 3.8) is 0 Å². The minimum atomic E-state index is 1.00. The maximum atomic E-state index is 3.28. The Morgan fingerprint density at radius 3 is 0.850 bits per heavy atom. The number of hydrogen-bond acceptors (Lipinski definition) is 0. The Kier molecular flexibility index (Phi) is 7.35. The molecule has 40 heavy (non-hydrogen) atoms. The first kappa shape index (κ1) is 24.8. The van der Waals surface area contributed by atoms with Crippen molar-refractivity contribution in [2.75, 3.05) is 0 Å². The molecule has 0 unspecified atom stereocenters. The second-order valence-electron chi connectivity index (χ2n) is 9.48. The molecule has 0 fully saturated rings. The Hall–Kier alpha value is -5.56. The van der Waals surface area contributed by atoms with Gasteiger partial charge < -0.3 is 0 Å². The van der Waals surface area contributed by atoms with Crippen molar-refractivity contribution in [1.82, 2.24) is 0 Å². The molecule has 0 aliphatic rings. The molecule has 0 aromatic heterocycles. The van der Waals surface area contributed by atoms with Crippen LogP contribution in [0, 0.1) is 23.7 Å². The van der Waals surface area contributed by atoms with E-state index in [0.29, 0.717) is 0 Å². The van der Waals surface area contributed by atoms with Crippen LogP contribution in [-0.2, 0) is 0 Å². The summed E-state index contributed by atoms with van der Waals surface area (Å²) in [4.78, 5) is 0. The van der Waals surface area contributed by atoms with Crippen LogP contribution in [0.4, 0.5) is 0 Å². The summed E-state index contributed by atoms with van der Waals surface area (Å²) in [7, 11) is 0. The van der Waals surface area contributed by atoms with Crippen LogP contribution in [0.15, 0.2) is 158 Å². The first-order chi connectivity index (χ1) is 19.8. The summed E-state index contributed by atoms with van der Waals surface area (Å²) in [6.07, 6.45) is 0. The SMILES string of the molecule is C(#Cc1ccc(-c2ccccc2-c2ccccc2-c2ccc(C#Cc3ccccc3)cc2)cc1)c1ccccc1. The topological polar surface area (TPSA) is 0 Å². The molecule has 0 heteroatoms. The third kappa shape index (κ3) is 5.79. The monoisotopic (exact) mass is 506 g/mol. The minimum Gasteiger partial charge on any atom is -0.0622 e. The summed E-state index contributed by atoms with van der Waals surface area (Å²) < 4.78 is 0. The Bertz CT molecular complexity index is 1710. The van der Waals surface area contributed by atoms with Gasteiger partial charge in [0, 0.05) is 22.3 Å². The number of hydrogen-bond donors (Lipinski definition) is 0. The summed E-state index contributed by atoms with van der Waals surface area (Å²) in [5.41, 5.74) is 11.2. The quantitative estimate of drug-likeness (QED) is 0.210. The normalized spacial score (nSPS) is 10.1. The molecule has 6 aromatic rings. The van der Waals surface area contributed by atoms with Gasteiger partial charge in [-0.15, -0.1) is 0 Å². The zero-order chi connectivity index (χ0) is 27.0. The number of benzene rings is 6. The molecule has 6 aromatic carbocycles. The Morgan fingerprint density at radius 1 is 0.225 bits per heavy atom. The molecule has 0 saturated heterocycles. The van der Waals surface area contributed by atoms with E-state index in [1.165, 1.54) is 33.4 Å². The van der Waals surface area contributed by atoms with Gasteiger partial charge in [-0.25, -0.2) is 0 Å². The van der Waals surface area contributed by atoms with Gasteiger partial charge >= 0.3 is 0 Å². The van der Waals surface area contributed by atoms with E-state index in [1.54, 1.807) is 0 Å². The largest absolute Gasteiger partial charge is 0.0622 e. The highest BCUT2D eigenvalue weighted by Crippen LogP contribution is 2.38. The van der Waals surface area contributed by atoms with Crippen LogP contribution in [0.2, 0.25) is 0 Å². The molecular weight excluding hydrogens is 480 g/mol. The molecule has 0 N–H and O–H groups in total. The van der Waals surface area contributed by atoms with Crippen molar-refractivity contribution in [1.29, 1.82) is 0 Å². The van der Waals surface area contributed by atoms with Crippen molar-refractivity contribution in [2.24, 2.45) is 0 Å². The Balaban J connectivity index is 1.30. The van der Waals surface area contributed by atoms with Gasteiger partial charge in [0.15, 0.2) is 0 Å². The van der Waals surface area contributed by atoms with E-state index in [0.717, 1.165) is 22.3 Å². The first-order valence-corrected chi connectivity index (χ1v) is 13.4. The molecule has 6 rings (SSSR count). The summed E-state index contributed by atoms with van der Waals surface area (Å²) in [6, 6.07) is 54.4. The van der Waals surface area contributed by atoms with Gasteiger partial charge in [0.25, 0.3) is 0 Å². The van der Waals surface area contributed by atoms with E-state index in [4.69, 9.17) is 0 Å². The predicted octanol–water partition coefficient (Wildman–Crippen LogP) is 9.49. The average Bonchev–Trinajstić information content (AvgIpc) is 3.04. The highest BCUT2D eigenvalue weighted by molar-refractivity contribution is 5.91. The molecule has 0 amide bonds. The molecule has 0 heterocycles. The van der Waals surface area contributed by atoms with Gasteiger partial charge in [0.05, 0.1) is 0 Å². The van der Waals surface area contributed by atoms with Crippen LogP contribution in [0.5, 0.6) is 0 Å². The summed E-state index contributed by atoms with van der Waals surface area (Å²) in [6.45, 7) is 0. The summed E-state index contributed by atoms with van der Waals surface area (Å²) >= 11 is 0. The second kappa shape index (κ2) is 11.9. The van der Waals surface area contributed by atoms with Gasteiger partial charge in [-0.1, -0.05) is 133 Å². The maximum absolute atomic E-state index is 3.28. The van der Waals surface area contributed by atoms with Crippen LogP contribution >= 0.6 is 0 Å². The summed E-state index contributed by atoms with van der Waals surface area (Å²) in [5.74, 6) is 13.0. The molecule has 0 saturated carbocycles. The van der Waals surface area contributed by atoms with Gasteiger partial charge in [-0.05, 0) is 81.9 Å². The third-order valence-corrected chi connectivity index (χ3v) is 6.79. The van der Waals surface area contributed by atoms with E-state index in [-0.39, 0.29) is 0 Å². The van der Waals surface area contributed by atoms with Crippen LogP contribution in [0.1, 0.15) is 22.3 Å². The highest BCUT2D eigenvalue weighted by Gasteiger charge is 2.12. The zero-order valence-corrected chi connectivity index (χ0v) is 22.0. The van der Waals surface area contributed by atoms with E-state index in [9.17, 15) is 0 Å². The lowest BCUT2D eigenvalue weighted by atomic mass is 9.89. The standard InChI is InChI=1S/C40H26/c1-3-11-31(12-4-1)19-21-33-23-27-35(28-24-33)37-15-7-9-17-39(37)40-18-10-8-16-38(40)36-29-25-34(26-30-36)22-20-32-13-5-2-6-14-32/h1-18,23-30H. The van der Waals surface area contributed by atoms with Gasteiger partial charge in [-0.3, -0.25) is 0 Å². The van der Waals surface area contributed by atoms with Gasteiger partial charge in [0.1, 0.15) is 0 Å². The van der Waals surface area contributed by atoms with Crippen molar-refractivity contribution >= 4 is 0 Å². The zero-order valence-electron chi connectivity index (χ0n) is 22.0.